The van der Waals surface area contributed by atoms with Crippen LogP contribution in [0.1, 0.15) is 11.1 Å². The van der Waals surface area contributed by atoms with Crippen molar-refractivity contribution in [2.24, 2.45) is 0 Å². The molecular weight excluding hydrogens is 349 g/mol. The number of nitrogens with zero attached hydrogens (tertiary/aromatic N) is 1. The SMILES string of the molecule is COCCOc1ccc(C(F)(F)F)cc1NC(=O)/C=C/c1ccncc1. The number of alkyl halides is 3. The van der Waals surface area contributed by atoms with Crippen LogP contribution in [0, 0.1) is 0 Å². The molecule has 5 nitrogen and oxygen atoms in total. The minimum Gasteiger partial charge on any atom is -0.489 e. The quantitative estimate of drug-likeness (QED) is 0.599. The molecule has 26 heavy (non-hydrogen) atoms. The molecular formula is C18H17F3N2O3. The van der Waals surface area contributed by atoms with Gasteiger partial charge in [-0.1, -0.05) is 0 Å². The summed E-state index contributed by atoms with van der Waals surface area (Å²) >= 11 is 0. The lowest BCUT2D eigenvalue weighted by Gasteiger charge is -2.14. The molecule has 0 radical (unpaired) electrons. The van der Waals surface area contributed by atoms with Crippen molar-refractivity contribution >= 4 is 17.7 Å². The zero-order valence-electron chi connectivity index (χ0n) is 13.9. The minimum absolute atomic E-state index is 0.0692. The lowest BCUT2D eigenvalue weighted by atomic mass is 10.1. The number of benzene rings is 1. The number of rotatable bonds is 7. The Morgan fingerprint density at radius 2 is 1.92 bits per heavy atom. The second kappa shape index (κ2) is 9.00. The van der Waals surface area contributed by atoms with Crippen LogP contribution < -0.4 is 10.1 Å². The van der Waals surface area contributed by atoms with Gasteiger partial charge in [0.1, 0.15) is 12.4 Å². The number of carbonyl (C=O) groups excluding carboxylic acids is 1. The Morgan fingerprint density at radius 1 is 1.19 bits per heavy atom. The molecule has 1 N–H and O–H groups in total. The van der Waals surface area contributed by atoms with E-state index in [0.717, 1.165) is 17.7 Å². The van der Waals surface area contributed by atoms with E-state index in [-0.39, 0.29) is 24.7 Å². The van der Waals surface area contributed by atoms with Crippen molar-refractivity contribution in [3.8, 4) is 5.75 Å². The standard InChI is InChI=1S/C18H17F3N2O3/c1-25-10-11-26-16-4-3-14(18(19,20)21)12-15(16)23-17(24)5-2-13-6-8-22-9-7-13/h2-9,12H,10-11H2,1H3,(H,23,24)/b5-2+. The Bertz CT molecular complexity index is 762. The summed E-state index contributed by atoms with van der Waals surface area (Å²) in [5.41, 5.74) is -0.221. The average Bonchev–Trinajstić information content (AvgIpc) is 2.61. The first kappa shape index (κ1) is 19.5. The second-order valence-electron chi connectivity index (χ2n) is 5.15. The van der Waals surface area contributed by atoms with Crippen LogP contribution in [-0.2, 0) is 15.7 Å². The first-order valence-corrected chi connectivity index (χ1v) is 7.62. The number of nitrogens with one attached hydrogen (secondary N) is 1. The molecule has 0 aliphatic rings. The highest BCUT2D eigenvalue weighted by atomic mass is 19.4. The van der Waals surface area contributed by atoms with E-state index in [0.29, 0.717) is 0 Å². The zero-order valence-corrected chi connectivity index (χ0v) is 13.9. The third-order valence-corrected chi connectivity index (χ3v) is 3.24. The molecule has 1 heterocycles. The van der Waals surface area contributed by atoms with Gasteiger partial charge in [0.2, 0.25) is 5.91 Å². The van der Waals surface area contributed by atoms with Crippen LogP contribution in [0.25, 0.3) is 6.08 Å². The molecule has 2 aromatic rings. The number of carbonyl (C=O) groups is 1. The Kier molecular flexibility index (Phi) is 6.74. The number of pyridine rings is 1. The lowest BCUT2D eigenvalue weighted by molar-refractivity contribution is -0.137. The predicted molar refractivity (Wildman–Crippen MR) is 90.7 cm³/mol. The van der Waals surface area contributed by atoms with Crippen molar-refractivity contribution in [3.63, 3.8) is 0 Å². The molecule has 138 valence electrons. The Hall–Kier alpha value is -2.87. The van der Waals surface area contributed by atoms with Crippen molar-refractivity contribution in [2.45, 2.75) is 6.18 Å². The fourth-order valence-electron chi connectivity index (χ4n) is 1.99. The molecule has 0 aliphatic heterocycles. The summed E-state index contributed by atoms with van der Waals surface area (Å²) in [5.74, 6) is -0.460. The summed E-state index contributed by atoms with van der Waals surface area (Å²) in [4.78, 5) is 15.9. The van der Waals surface area contributed by atoms with Crippen LogP contribution in [0.2, 0.25) is 0 Å². The maximum absolute atomic E-state index is 12.9. The summed E-state index contributed by atoms with van der Waals surface area (Å²) in [6.07, 6.45) is 1.33. The number of aromatic nitrogens is 1. The number of anilines is 1. The molecule has 0 unspecified atom stereocenters. The summed E-state index contributed by atoms with van der Waals surface area (Å²) in [6, 6.07) is 6.27. The number of halogens is 3. The number of ether oxygens (including phenoxy) is 2. The molecule has 0 bridgehead atoms. The van der Waals surface area contributed by atoms with Gasteiger partial charge in [-0.25, -0.2) is 0 Å². The third kappa shape index (κ3) is 5.89. The molecule has 0 fully saturated rings. The number of hydrogen-bond acceptors (Lipinski definition) is 4. The predicted octanol–water partition coefficient (Wildman–Crippen LogP) is 3.78. The summed E-state index contributed by atoms with van der Waals surface area (Å²) in [6.45, 7) is 0.397. The average molecular weight is 366 g/mol. The molecule has 8 heteroatoms. The van der Waals surface area contributed by atoms with Gasteiger partial charge in [0.15, 0.2) is 0 Å². The van der Waals surface area contributed by atoms with Gasteiger partial charge in [-0.15, -0.1) is 0 Å². The van der Waals surface area contributed by atoms with Crippen LogP contribution in [-0.4, -0.2) is 31.2 Å². The lowest BCUT2D eigenvalue weighted by Crippen LogP contribution is -2.13. The van der Waals surface area contributed by atoms with Crippen molar-refractivity contribution < 1.29 is 27.4 Å². The van der Waals surface area contributed by atoms with E-state index in [1.165, 1.54) is 25.3 Å². The zero-order chi connectivity index (χ0) is 19.0. The van der Waals surface area contributed by atoms with Gasteiger partial charge in [-0.05, 0) is 42.0 Å². The maximum atomic E-state index is 12.9. The van der Waals surface area contributed by atoms with E-state index in [4.69, 9.17) is 9.47 Å². The fraction of sp³-hybridized carbons (Fsp3) is 0.222. The van der Waals surface area contributed by atoms with Crippen LogP contribution in [0.5, 0.6) is 5.75 Å². The van der Waals surface area contributed by atoms with Crippen LogP contribution in [0.4, 0.5) is 18.9 Å². The highest BCUT2D eigenvalue weighted by molar-refractivity contribution is 6.02. The van der Waals surface area contributed by atoms with E-state index in [9.17, 15) is 18.0 Å². The van der Waals surface area contributed by atoms with Crippen molar-refractivity contribution in [1.82, 2.24) is 4.98 Å². The van der Waals surface area contributed by atoms with E-state index >= 15 is 0 Å². The Morgan fingerprint density at radius 3 is 2.58 bits per heavy atom. The number of hydrogen-bond donors (Lipinski definition) is 1. The second-order valence-corrected chi connectivity index (χ2v) is 5.15. The molecule has 0 saturated heterocycles. The molecule has 2 rings (SSSR count). The third-order valence-electron chi connectivity index (χ3n) is 3.24. The van der Waals surface area contributed by atoms with Crippen molar-refractivity contribution in [3.05, 3.63) is 59.9 Å². The number of methoxy groups -OCH3 is 1. The van der Waals surface area contributed by atoms with E-state index in [1.54, 1.807) is 24.5 Å². The smallest absolute Gasteiger partial charge is 0.416 e. The molecule has 1 aromatic heterocycles. The molecule has 0 atom stereocenters. The summed E-state index contributed by atoms with van der Waals surface area (Å²) in [5, 5.41) is 2.41. The van der Waals surface area contributed by atoms with E-state index < -0.39 is 17.6 Å². The Balaban J connectivity index is 2.18. The van der Waals surface area contributed by atoms with Gasteiger partial charge < -0.3 is 14.8 Å². The van der Waals surface area contributed by atoms with Crippen molar-refractivity contribution in [2.75, 3.05) is 25.6 Å². The normalized spacial score (nSPS) is 11.5. The van der Waals surface area contributed by atoms with Crippen LogP contribution >= 0.6 is 0 Å². The van der Waals surface area contributed by atoms with Gasteiger partial charge in [-0.2, -0.15) is 13.2 Å². The van der Waals surface area contributed by atoms with Gasteiger partial charge in [0.25, 0.3) is 0 Å². The van der Waals surface area contributed by atoms with E-state index in [2.05, 4.69) is 10.3 Å². The topological polar surface area (TPSA) is 60.5 Å². The largest absolute Gasteiger partial charge is 0.489 e. The molecule has 0 aliphatic carbocycles. The molecule has 1 amide bonds. The molecule has 0 saturated carbocycles. The van der Waals surface area contributed by atoms with Crippen molar-refractivity contribution in [1.29, 1.82) is 0 Å². The maximum Gasteiger partial charge on any atom is 0.416 e. The fourth-order valence-corrected chi connectivity index (χ4v) is 1.99. The number of amides is 1. The highest BCUT2D eigenvalue weighted by Gasteiger charge is 2.31. The van der Waals surface area contributed by atoms with Gasteiger partial charge in [0.05, 0.1) is 17.9 Å². The summed E-state index contributed by atoms with van der Waals surface area (Å²) in [7, 11) is 1.47. The summed E-state index contributed by atoms with van der Waals surface area (Å²) < 4.78 is 49.0. The molecule has 1 aromatic carbocycles. The van der Waals surface area contributed by atoms with Gasteiger partial charge >= 0.3 is 6.18 Å². The highest BCUT2D eigenvalue weighted by Crippen LogP contribution is 2.35. The molecule has 0 spiro atoms. The monoisotopic (exact) mass is 366 g/mol. The first-order chi connectivity index (χ1) is 12.4. The van der Waals surface area contributed by atoms with E-state index in [1.807, 2.05) is 0 Å². The Labute approximate surface area is 148 Å². The van der Waals surface area contributed by atoms with Gasteiger partial charge in [0, 0.05) is 25.6 Å². The van der Waals surface area contributed by atoms with Crippen LogP contribution in [0.3, 0.4) is 0 Å². The van der Waals surface area contributed by atoms with Gasteiger partial charge in [-0.3, -0.25) is 9.78 Å². The van der Waals surface area contributed by atoms with Crippen LogP contribution in [0.15, 0.2) is 48.8 Å². The first-order valence-electron chi connectivity index (χ1n) is 7.62. The minimum atomic E-state index is -4.53.